The number of amides is 4. The van der Waals surface area contributed by atoms with Crippen LogP contribution in [0.5, 0.6) is 0 Å². The lowest BCUT2D eigenvalue weighted by atomic mass is 9.93. The standard InChI is InChI=1S/C50H62N8O6/c1-25-15-36(16-26(25)2)43(55-49(61)63-5)47(59)57-28(4)27(3)17-41(57)45-51-23-38(53-45)31-11-7-29(8-12-31)30-9-13-32(14-10-30)39-24-52-46(54-39)42-22-35-21-40(35)58(42)48(60)44(56-50(62)64-6)37-19-33-18-34(33)20-37/h7-14,23-28,33-37,40-44H,15-22H2,1-6H3,(H,51,53)(H,52,54)(H,55,61)(H,56,62)/t25-,26+,27-,28-,33-,34+,35-,36?,37?,40-,41+,42+,43?,44?/m1/s1. The van der Waals surface area contributed by atoms with E-state index in [1.54, 1.807) is 0 Å². The van der Waals surface area contributed by atoms with Crippen molar-refractivity contribution >= 4 is 24.0 Å². The van der Waals surface area contributed by atoms with Crippen molar-refractivity contribution in [2.75, 3.05) is 14.2 Å². The summed E-state index contributed by atoms with van der Waals surface area (Å²) in [6, 6.07) is 15.3. The molecule has 4 N–H and O–H groups in total. The fourth-order valence-electron chi connectivity index (χ4n) is 12.1. The molecule has 4 unspecified atom stereocenters. The first kappa shape index (κ1) is 42.3. The van der Waals surface area contributed by atoms with Crippen molar-refractivity contribution < 1.29 is 28.7 Å². The molecular formula is C50H62N8O6. The van der Waals surface area contributed by atoms with Gasteiger partial charge in [-0.1, -0.05) is 69.3 Å². The third-order valence-electron chi connectivity index (χ3n) is 16.3. The van der Waals surface area contributed by atoms with Gasteiger partial charge < -0.3 is 39.9 Å². The second-order valence-corrected chi connectivity index (χ2v) is 20.2. The zero-order chi connectivity index (χ0) is 44.6. The molecule has 2 saturated heterocycles. The number of nitrogens with zero attached hydrogens (tertiary/aromatic N) is 4. The van der Waals surface area contributed by atoms with E-state index in [-0.39, 0.29) is 53.7 Å². The second-order valence-electron chi connectivity index (χ2n) is 20.2. The number of carbonyl (C=O) groups is 4. The van der Waals surface area contributed by atoms with Gasteiger partial charge in [0.15, 0.2) is 0 Å². The smallest absolute Gasteiger partial charge is 0.407 e. The molecule has 338 valence electrons. The molecule has 2 aliphatic heterocycles. The molecule has 4 aromatic rings. The molecule has 4 heterocycles. The summed E-state index contributed by atoms with van der Waals surface area (Å²) in [6.07, 6.45) is 10.2. The van der Waals surface area contributed by atoms with Crippen LogP contribution in [0.15, 0.2) is 60.9 Å². The summed E-state index contributed by atoms with van der Waals surface area (Å²) in [4.78, 5) is 74.4. The van der Waals surface area contributed by atoms with Crippen LogP contribution in [0.2, 0.25) is 0 Å². The molecule has 6 aliphatic rings. The molecule has 2 aromatic heterocycles. The van der Waals surface area contributed by atoms with Crippen molar-refractivity contribution in [1.29, 1.82) is 0 Å². The molecule has 64 heavy (non-hydrogen) atoms. The lowest BCUT2D eigenvalue weighted by Gasteiger charge is -2.34. The van der Waals surface area contributed by atoms with Gasteiger partial charge in [0.1, 0.15) is 23.7 Å². The number of benzene rings is 2. The maximum Gasteiger partial charge on any atom is 0.407 e. The normalized spacial score (nSPS) is 32.1. The fourth-order valence-corrected chi connectivity index (χ4v) is 12.1. The second kappa shape index (κ2) is 16.7. The molecule has 2 aromatic carbocycles. The summed E-state index contributed by atoms with van der Waals surface area (Å²) in [7, 11) is 2.69. The topological polar surface area (TPSA) is 175 Å². The number of aromatic nitrogens is 4. The number of fused-ring (bicyclic) bond motifs is 2. The average molecular weight is 871 g/mol. The van der Waals surface area contributed by atoms with Gasteiger partial charge >= 0.3 is 12.2 Å². The maximum absolute atomic E-state index is 14.5. The molecular weight excluding hydrogens is 809 g/mol. The molecule has 4 saturated carbocycles. The molecule has 6 fully saturated rings. The minimum atomic E-state index is -0.655. The number of carbonyl (C=O) groups excluding carboxylic acids is 4. The number of hydrogen-bond donors (Lipinski definition) is 4. The van der Waals surface area contributed by atoms with Crippen LogP contribution in [0.4, 0.5) is 9.59 Å². The van der Waals surface area contributed by atoms with Crippen LogP contribution in [0.25, 0.3) is 33.6 Å². The van der Waals surface area contributed by atoms with Crippen molar-refractivity contribution in [3.63, 3.8) is 0 Å². The summed E-state index contributed by atoms with van der Waals surface area (Å²) in [5, 5.41) is 5.84. The first-order valence-corrected chi connectivity index (χ1v) is 23.5. The lowest BCUT2D eigenvalue weighted by molar-refractivity contribution is -0.138. The number of methoxy groups -OCH3 is 2. The number of hydrogen-bond acceptors (Lipinski definition) is 8. The van der Waals surface area contributed by atoms with E-state index in [1.165, 1.54) is 20.6 Å². The summed E-state index contributed by atoms with van der Waals surface area (Å²) in [6.45, 7) is 8.71. The Morgan fingerprint density at radius 3 is 1.52 bits per heavy atom. The van der Waals surface area contributed by atoms with Gasteiger partial charge in [-0.05, 0) is 128 Å². The Morgan fingerprint density at radius 1 is 0.562 bits per heavy atom. The third kappa shape index (κ3) is 7.84. The number of aromatic amines is 2. The Balaban J connectivity index is 0.810. The van der Waals surface area contributed by atoms with E-state index in [9.17, 15) is 19.2 Å². The van der Waals surface area contributed by atoms with Crippen LogP contribution >= 0.6 is 0 Å². The molecule has 14 nitrogen and oxygen atoms in total. The highest BCUT2D eigenvalue weighted by Crippen LogP contribution is 2.57. The first-order valence-electron chi connectivity index (χ1n) is 23.5. The van der Waals surface area contributed by atoms with Gasteiger partial charge in [0.2, 0.25) is 11.8 Å². The van der Waals surface area contributed by atoms with E-state index in [2.05, 4.69) is 96.8 Å². The van der Waals surface area contributed by atoms with Crippen LogP contribution in [-0.2, 0) is 19.1 Å². The molecule has 0 spiro atoms. The highest BCUT2D eigenvalue weighted by molar-refractivity contribution is 5.88. The fraction of sp³-hybridized carbons (Fsp3) is 0.560. The number of alkyl carbamates (subject to hydrolysis) is 2. The molecule has 14 atom stereocenters. The van der Waals surface area contributed by atoms with Gasteiger partial charge in [0, 0.05) is 12.1 Å². The van der Waals surface area contributed by atoms with Crippen molar-refractivity contribution in [2.45, 2.75) is 115 Å². The summed E-state index contributed by atoms with van der Waals surface area (Å²) in [5.74, 6) is 4.68. The van der Waals surface area contributed by atoms with Gasteiger partial charge in [-0.3, -0.25) is 9.59 Å². The van der Waals surface area contributed by atoms with Gasteiger partial charge in [0.05, 0.1) is 50.1 Å². The van der Waals surface area contributed by atoms with Crippen molar-refractivity contribution in [2.24, 2.45) is 47.3 Å². The Kier molecular flexibility index (Phi) is 11.0. The van der Waals surface area contributed by atoms with Crippen molar-refractivity contribution in [1.82, 2.24) is 40.4 Å². The zero-order valence-corrected chi connectivity index (χ0v) is 37.8. The minimum Gasteiger partial charge on any atom is -0.453 e. The van der Waals surface area contributed by atoms with Gasteiger partial charge in [-0.15, -0.1) is 0 Å². The lowest BCUT2D eigenvalue weighted by Crippen LogP contribution is -2.53. The Hall–Kier alpha value is -5.66. The quantitative estimate of drug-likeness (QED) is 0.117. The van der Waals surface area contributed by atoms with E-state index in [0.717, 1.165) is 90.2 Å². The SMILES string of the molecule is COC(=O)NC(C(=O)N1[C@H](C)[C@H](C)C[C@H]1c1ncc(-c2ccc(-c3ccc(-c4cnc([C@@H]5C[C@H]6C[C@H]6N5C(=O)C(NC(=O)OC)C5C[C@@H]6C[C@@H]6C5)[nH]4)cc3)cc2)[nH]1)C1C[C@@H](C)[C@@H](C)C1. The average Bonchev–Trinajstić information content (AvgIpc) is 3.71. The Bertz CT molecular complexity index is 2380. The Morgan fingerprint density at radius 2 is 1.02 bits per heavy atom. The molecule has 0 bridgehead atoms. The van der Waals surface area contributed by atoms with E-state index in [0.29, 0.717) is 29.6 Å². The predicted molar refractivity (Wildman–Crippen MR) is 240 cm³/mol. The maximum atomic E-state index is 14.5. The van der Waals surface area contributed by atoms with Gasteiger partial charge in [-0.25, -0.2) is 19.6 Å². The van der Waals surface area contributed by atoms with Crippen molar-refractivity contribution in [3.8, 4) is 33.6 Å². The highest BCUT2D eigenvalue weighted by atomic mass is 16.5. The third-order valence-corrected chi connectivity index (χ3v) is 16.3. The first-order chi connectivity index (χ1) is 30.9. The van der Waals surface area contributed by atoms with E-state index in [4.69, 9.17) is 19.4 Å². The van der Waals surface area contributed by atoms with Crippen molar-refractivity contribution in [3.05, 3.63) is 72.6 Å². The van der Waals surface area contributed by atoms with Crippen LogP contribution in [-0.4, -0.2) is 92.1 Å². The largest absolute Gasteiger partial charge is 0.453 e. The van der Waals surface area contributed by atoms with Crippen LogP contribution in [0.3, 0.4) is 0 Å². The number of nitrogens with one attached hydrogen (secondary N) is 4. The summed E-state index contributed by atoms with van der Waals surface area (Å²) < 4.78 is 9.92. The van der Waals surface area contributed by atoms with Crippen LogP contribution in [0, 0.1) is 47.3 Å². The number of H-pyrrole nitrogens is 2. The number of imidazole rings is 2. The monoisotopic (exact) mass is 870 g/mol. The summed E-state index contributed by atoms with van der Waals surface area (Å²) in [5.41, 5.74) is 5.91. The summed E-state index contributed by atoms with van der Waals surface area (Å²) >= 11 is 0. The predicted octanol–water partition coefficient (Wildman–Crippen LogP) is 8.27. The highest BCUT2D eigenvalue weighted by Gasteiger charge is 2.58. The molecule has 0 radical (unpaired) electrons. The molecule has 14 heteroatoms. The Labute approximate surface area is 375 Å². The van der Waals surface area contributed by atoms with Crippen LogP contribution < -0.4 is 10.6 Å². The van der Waals surface area contributed by atoms with Crippen LogP contribution in [0.1, 0.15) is 103 Å². The van der Waals surface area contributed by atoms with Gasteiger partial charge in [-0.2, -0.15) is 0 Å². The number of piperidine rings is 1. The molecule has 4 amide bonds. The molecule has 10 rings (SSSR count). The number of ether oxygens (including phenoxy) is 2. The van der Waals surface area contributed by atoms with E-state index >= 15 is 0 Å². The van der Waals surface area contributed by atoms with E-state index < -0.39 is 24.3 Å². The minimum absolute atomic E-state index is 0.00650. The number of likely N-dealkylation sites (tertiary alicyclic amines) is 2. The zero-order valence-electron chi connectivity index (χ0n) is 37.8. The number of rotatable bonds is 11. The molecule has 4 aliphatic carbocycles. The van der Waals surface area contributed by atoms with E-state index in [1.807, 2.05) is 22.2 Å². The van der Waals surface area contributed by atoms with Gasteiger partial charge in [0.25, 0.3) is 0 Å².